The predicted molar refractivity (Wildman–Crippen MR) is 206 cm³/mol. The van der Waals surface area contributed by atoms with Gasteiger partial charge in [-0.1, -0.05) is 146 Å². The van der Waals surface area contributed by atoms with Crippen LogP contribution in [0.3, 0.4) is 0 Å². The van der Waals surface area contributed by atoms with E-state index in [2.05, 4.69) is 140 Å². The minimum absolute atomic E-state index is 0.651. The summed E-state index contributed by atoms with van der Waals surface area (Å²) in [4.78, 5) is 10.2. The Balaban J connectivity index is 1.20. The summed E-state index contributed by atoms with van der Waals surface area (Å²) in [5.74, 6) is 0.682. The first-order valence-electron chi connectivity index (χ1n) is 16.7. The number of hydrogen-bond acceptors (Lipinski definition) is 3. The fraction of sp³-hybridized carbons (Fsp3) is 0. The lowest BCUT2D eigenvalue weighted by Gasteiger charge is -2.15. The van der Waals surface area contributed by atoms with Crippen molar-refractivity contribution in [1.29, 1.82) is 5.26 Å². The number of benzene rings is 8. The molecule has 232 valence electrons. The molecule has 1 aromatic heterocycles. The van der Waals surface area contributed by atoms with Crippen molar-refractivity contribution in [3.05, 3.63) is 181 Å². The smallest absolute Gasteiger partial charge is 0.160 e. The lowest BCUT2D eigenvalue weighted by Crippen LogP contribution is -1.96. The number of aromatic nitrogens is 2. The lowest BCUT2D eigenvalue weighted by atomic mass is 9.89. The van der Waals surface area contributed by atoms with Crippen molar-refractivity contribution in [2.45, 2.75) is 0 Å². The molecule has 0 radical (unpaired) electrons. The minimum atomic E-state index is 0.651. The van der Waals surface area contributed by atoms with E-state index in [1.165, 1.54) is 37.9 Å². The van der Waals surface area contributed by atoms with Crippen LogP contribution in [0, 0.1) is 11.3 Å². The van der Waals surface area contributed by atoms with Crippen LogP contribution in [0.2, 0.25) is 0 Å². The van der Waals surface area contributed by atoms with Crippen molar-refractivity contribution in [2.75, 3.05) is 0 Å². The molecule has 9 rings (SSSR count). The van der Waals surface area contributed by atoms with E-state index in [-0.39, 0.29) is 0 Å². The van der Waals surface area contributed by atoms with Crippen molar-refractivity contribution >= 4 is 32.3 Å². The molecule has 0 unspecified atom stereocenters. The third kappa shape index (κ3) is 5.26. The second kappa shape index (κ2) is 12.3. The molecule has 8 aromatic carbocycles. The van der Waals surface area contributed by atoms with E-state index in [0.717, 1.165) is 44.8 Å². The summed E-state index contributed by atoms with van der Waals surface area (Å²) in [6.45, 7) is 0. The average Bonchev–Trinajstić information content (AvgIpc) is 3.20. The molecule has 0 atom stereocenters. The largest absolute Gasteiger partial charge is 0.228 e. The average molecular weight is 636 g/mol. The van der Waals surface area contributed by atoms with Gasteiger partial charge in [-0.2, -0.15) is 5.26 Å². The molecule has 0 aliphatic heterocycles. The zero-order chi connectivity index (χ0) is 33.4. The van der Waals surface area contributed by atoms with Gasteiger partial charge in [0.1, 0.15) is 0 Å². The van der Waals surface area contributed by atoms with Gasteiger partial charge in [0.2, 0.25) is 0 Å². The third-order valence-corrected chi connectivity index (χ3v) is 9.50. The molecule has 0 N–H and O–H groups in total. The summed E-state index contributed by atoms with van der Waals surface area (Å²) in [5, 5.41) is 16.6. The van der Waals surface area contributed by atoms with Crippen LogP contribution in [0.25, 0.3) is 88.5 Å². The Morgan fingerprint density at radius 2 is 0.960 bits per heavy atom. The van der Waals surface area contributed by atoms with Gasteiger partial charge in [0.15, 0.2) is 5.82 Å². The first-order valence-corrected chi connectivity index (χ1v) is 16.7. The van der Waals surface area contributed by atoms with Crippen LogP contribution in [0.5, 0.6) is 0 Å². The van der Waals surface area contributed by atoms with Gasteiger partial charge in [0.05, 0.1) is 23.0 Å². The van der Waals surface area contributed by atoms with Crippen LogP contribution < -0.4 is 0 Å². The van der Waals surface area contributed by atoms with Crippen molar-refractivity contribution in [1.82, 2.24) is 9.97 Å². The molecule has 0 aliphatic rings. The highest BCUT2D eigenvalue weighted by Gasteiger charge is 2.15. The molecule has 0 fully saturated rings. The van der Waals surface area contributed by atoms with Crippen LogP contribution in [0.15, 0.2) is 176 Å². The molecule has 1 heterocycles. The van der Waals surface area contributed by atoms with Crippen molar-refractivity contribution in [3.8, 4) is 62.2 Å². The number of hydrogen-bond donors (Lipinski definition) is 0. The van der Waals surface area contributed by atoms with Gasteiger partial charge in [0, 0.05) is 16.7 Å². The second-order valence-electron chi connectivity index (χ2n) is 12.5. The first kappa shape index (κ1) is 29.3. The maximum absolute atomic E-state index is 9.20. The standard InChI is InChI=1S/C47H29N3/c48-30-31-17-19-32(20-18-31)33-21-23-35(24-22-33)44-29-45(50-47(49-44)36-10-2-1-3-11-36)38-13-8-14-39(27-38)46-41-16-7-5-12-37(41)28-43-40-15-6-4-9-34(40)25-26-42(43)46/h1-29H. The zero-order valence-electron chi connectivity index (χ0n) is 27.1. The third-order valence-electron chi connectivity index (χ3n) is 9.50. The monoisotopic (exact) mass is 635 g/mol. The molecule has 0 spiro atoms. The van der Waals surface area contributed by atoms with Crippen molar-refractivity contribution < 1.29 is 0 Å². The lowest BCUT2D eigenvalue weighted by molar-refractivity contribution is 1.18. The molecule has 0 saturated heterocycles. The first-order chi connectivity index (χ1) is 24.7. The maximum atomic E-state index is 9.20. The maximum Gasteiger partial charge on any atom is 0.160 e. The Bertz CT molecular complexity index is 2740. The molecule has 0 amide bonds. The molecule has 0 bridgehead atoms. The zero-order valence-corrected chi connectivity index (χ0v) is 27.1. The van der Waals surface area contributed by atoms with Gasteiger partial charge in [0.25, 0.3) is 0 Å². The van der Waals surface area contributed by atoms with E-state index in [1.54, 1.807) is 0 Å². The van der Waals surface area contributed by atoms with Gasteiger partial charge in [-0.25, -0.2) is 9.97 Å². The molecule has 9 aromatic rings. The van der Waals surface area contributed by atoms with Crippen LogP contribution in [0.4, 0.5) is 0 Å². The Morgan fingerprint density at radius 1 is 0.360 bits per heavy atom. The number of fused-ring (bicyclic) bond motifs is 4. The molecule has 50 heavy (non-hydrogen) atoms. The number of rotatable bonds is 5. The quantitative estimate of drug-likeness (QED) is 0.140. The summed E-state index contributed by atoms with van der Waals surface area (Å²) in [6.07, 6.45) is 0. The van der Waals surface area contributed by atoms with E-state index in [1.807, 2.05) is 42.5 Å². The molecule has 3 heteroatoms. The highest BCUT2D eigenvalue weighted by Crippen LogP contribution is 2.40. The Labute approximate surface area is 290 Å². The van der Waals surface area contributed by atoms with E-state index < -0.39 is 0 Å². The van der Waals surface area contributed by atoms with Crippen LogP contribution in [-0.2, 0) is 0 Å². The van der Waals surface area contributed by atoms with E-state index in [9.17, 15) is 5.26 Å². The van der Waals surface area contributed by atoms with Crippen molar-refractivity contribution in [2.24, 2.45) is 0 Å². The van der Waals surface area contributed by atoms with Crippen LogP contribution >= 0.6 is 0 Å². The summed E-state index contributed by atoms with van der Waals surface area (Å²) in [5.41, 5.74) is 9.88. The van der Waals surface area contributed by atoms with Crippen molar-refractivity contribution in [3.63, 3.8) is 0 Å². The SMILES string of the molecule is N#Cc1ccc(-c2ccc(-c3cc(-c4cccc(-c5c6ccccc6cc6c5ccc5ccccc56)c4)nc(-c4ccccc4)n3)cc2)cc1. The molecule has 3 nitrogen and oxygen atoms in total. The normalized spacial score (nSPS) is 11.2. The van der Waals surface area contributed by atoms with Gasteiger partial charge < -0.3 is 0 Å². The molecular formula is C47H29N3. The topological polar surface area (TPSA) is 49.6 Å². The summed E-state index contributed by atoms with van der Waals surface area (Å²) >= 11 is 0. The van der Waals surface area contributed by atoms with E-state index >= 15 is 0 Å². The van der Waals surface area contributed by atoms with E-state index in [0.29, 0.717) is 11.4 Å². The fourth-order valence-corrected chi connectivity index (χ4v) is 7.00. The summed E-state index contributed by atoms with van der Waals surface area (Å²) in [6, 6.07) is 63.4. The predicted octanol–water partition coefficient (Wildman–Crippen LogP) is 12.1. The Kier molecular flexibility index (Phi) is 7.19. The van der Waals surface area contributed by atoms with Crippen LogP contribution in [-0.4, -0.2) is 9.97 Å². The Morgan fingerprint density at radius 3 is 1.72 bits per heavy atom. The summed E-state index contributed by atoms with van der Waals surface area (Å²) < 4.78 is 0. The van der Waals surface area contributed by atoms with E-state index in [4.69, 9.17) is 9.97 Å². The highest BCUT2D eigenvalue weighted by atomic mass is 14.9. The fourth-order valence-electron chi connectivity index (χ4n) is 7.00. The van der Waals surface area contributed by atoms with Gasteiger partial charge in [-0.3, -0.25) is 0 Å². The second-order valence-corrected chi connectivity index (χ2v) is 12.5. The molecule has 0 saturated carbocycles. The highest BCUT2D eigenvalue weighted by molar-refractivity contribution is 6.20. The molecule has 0 aliphatic carbocycles. The van der Waals surface area contributed by atoms with Gasteiger partial charge in [-0.05, 0) is 84.9 Å². The van der Waals surface area contributed by atoms with Gasteiger partial charge in [-0.15, -0.1) is 0 Å². The summed E-state index contributed by atoms with van der Waals surface area (Å²) in [7, 11) is 0. The number of nitrogens with zero attached hydrogens (tertiary/aromatic N) is 3. The Hall–Kier alpha value is -6.89. The molecular weight excluding hydrogens is 607 g/mol. The minimum Gasteiger partial charge on any atom is -0.228 e. The van der Waals surface area contributed by atoms with Crippen LogP contribution in [0.1, 0.15) is 5.56 Å². The van der Waals surface area contributed by atoms with Gasteiger partial charge >= 0.3 is 0 Å². The number of nitriles is 1.